The molecule has 0 aromatic rings. The van der Waals surface area contributed by atoms with Crippen molar-refractivity contribution in [2.24, 2.45) is 11.3 Å². The number of aliphatic hydroxyl groups excluding tert-OH is 1. The Bertz CT molecular complexity index is 175. The average molecular weight is 200 g/mol. The van der Waals surface area contributed by atoms with Gasteiger partial charge in [0, 0.05) is 0 Å². The summed E-state index contributed by atoms with van der Waals surface area (Å²) in [5.41, 5.74) is 0.404. The Hall–Kier alpha value is -0.0800. The van der Waals surface area contributed by atoms with E-state index in [1.807, 2.05) is 0 Å². The van der Waals surface area contributed by atoms with Crippen molar-refractivity contribution in [1.29, 1.82) is 0 Å². The summed E-state index contributed by atoms with van der Waals surface area (Å²) in [5.74, 6) is 0.748. The highest BCUT2D eigenvalue weighted by molar-refractivity contribution is 4.83. The van der Waals surface area contributed by atoms with Crippen LogP contribution in [0, 0.1) is 11.3 Å². The fraction of sp³-hybridized carbons (Fsp3) is 1.00. The molecular weight excluding hydrogens is 176 g/mol. The first kappa shape index (κ1) is 12.0. The molecule has 1 saturated carbocycles. The van der Waals surface area contributed by atoms with Crippen LogP contribution in [0.3, 0.4) is 0 Å². The van der Waals surface area contributed by atoms with Crippen molar-refractivity contribution < 1.29 is 9.84 Å². The van der Waals surface area contributed by atoms with Crippen LogP contribution in [0.4, 0.5) is 0 Å². The van der Waals surface area contributed by atoms with E-state index in [1.54, 1.807) is 6.92 Å². The molecule has 1 aliphatic rings. The standard InChI is InChI=1S/C12H24O2/c1-9-5-11(14-8-10(2)13)7-12(3,4)6-9/h9-11,13H,5-8H2,1-4H3/t9?,10-,11?/m1/s1. The second kappa shape index (κ2) is 4.63. The van der Waals surface area contributed by atoms with Crippen LogP contribution in [0.1, 0.15) is 47.0 Å². The summed E-state index contributed by atoms with van der Waals surface area (Å²) in [7, 11) is 0. The summed E-state index contributed by atoms with van der Waals surface area (Å²) < 4.78 is 5.70. The molecule has 1 aliphatic carbocycles. The first-order valence-corrected chi connectivity index (χ1v) is 5.69. The topological polar surface area (TPSA) is 29.5 Å². The second-order valence-electron chi connectivity index (χ2n) is 5.72. The maximum Gasteiger partial charge on any atom is 0.0745 e. The Morgan fingerprint density at radius 2 is 2.07 bits per heavy atom. The number of ether oxygens (including phenoxy) is 1. The van der Waals surface area contributed by atoms with E-state index < -0.39 is 0 Å². The normalized spacial score (nSPS) is 34.1. The molecular formula is C12H24O2. The molecule has 0 bridgehead atoms. The highest BCUT2D eigenvalue weighted by Crippen LogP contribution is 2.39. The lowest BCUT2D eigenvalue weighted by atomic mass is 9.71. The van der Waals surface area contributed by atoms with E-state index >= 15 is 0 Å². The molecule has 0 aliphatic heterocycles. The van der Waals surface area contributed by atoms with Crippen molar-refractivity contribution in [3.8, 4) is 0 Å². The zero-order valence-electron chi connectivity index (χ0n) is 9.92. The van der Waals surface area contributed by atoms with Gasteiger partial charge in [-0.1, -0.05) is 20.8 Å². The molecule has 0 aromatic heterocycles. The van der Waals surface area contributed by atoms with Gasteiger partial charge in [-0.15, -0.1) is 0 Å². The molecule has 14 heavy (non-hydrogen) atoms. The molecule has 84 valence electrons. The fourth-order valence-electron chi connectivity index (χ4n) is 2.66. The monoisotopic (exact) mass is 200 g/mol. The predicted molar refractivity (Wildman–Crippen MR) is 58.2 cm³/mol. The van der Waals surface area contributed by atoms with Gasteiger partial charge in [-0.2, -0.15) is 0 Å². The lowest BCUT2D eigenvalue weighted by molar-refractivity contribution is -0.0518. The number of hydrogen-bond donors (Lipinski definition) is 1. The van der Waals surface area contributed by atoms with Crippen LogP contribution in [0.2, 0.25) is 0 Å². The molecule has 0 aromatic carbocycles. The fourth-order valence-corrected chi connectivity index (χ4v) is 2.66. The van der Waals surface area contributed by atoms with Crippen molar-refractivity contribution in [2.45, 2.75) is 59.2 Å². The van der Waals surface area contributed by atoms with Gasteiger partial charge >= 0.3 is 0 Å². The zero-order valence-corrected chi connectivity index (χ0v) is 9.92. The Kier molecular flexibility index (Phi) is 3.96. The zero-order chi connectivity index (χ0) is 10.8. The third-order valence-electron chi connectivity index (χ3n) is 2.92. The van der Waals surface area contributed by atoms with Crippen molar-refractivity contribution in [1.82, 2.24) is 0 Å². The van der Waals surface area contributed by atoms with E-state index in [2.05, 4.69) is 20.8 Å². The van der Waals surface area contributed by atoms with Gasteiger partial charge in [0.1, 0.15) is 0 Å². The third kappa shape index (κ3) is 3.97. The molecule has 0 heterocycles. The Labute approximate surface area is 87.7 Å². The van der Waals surface area contributed by atoms with Crippen LogP contribution in [0.25, 0.3) is 0 Å². The summed E-state index contributed by atoms with van der Waals surface area (Å²) >= 11 is 0. The Morgan fingerprint density at radius 3 is 2.57 bits per heavy atom. The van der Waals surface area contributed by atoms with Crippen LogP contribution < -0.4 is 0 Å². The SMILES string of the molecule is CC1CC(OC[C@@H](C)O)CC(C)(C)C1. The first-order chi connectivity index (χ1) is 6.39. The van der Waals surface area contributed by atoms with Gasteiger partial charge in [0.2, 0.25) is 0 Å². The quantitative estimate of drug-likeness (QED) is 0.759. The van der Waals surface area contributed by atoms with E-state index in [0.717, 1.165) is 18.8 Å². The largest absolute Gasteiger partial charge is 0.391 e. The number of aliphatic hydroxyl groups is 1. The molecule has 1 N–H and O–H groups in total. The summed E-state index contributed by atoms with van der Waals surface area (Å²) in [6.45, 7) is 9.16. The molecule has 2 heteroatoms. The summed E-state index contributed by atoms with van der Waals surface area (Å²) in [6, 6.07) is 0. The van der Waals surface area contributed by atoms with Crippen molar-refractivity contribution in [3.63, 3.8) is 0 Å². The molecule has 0 saturated heterocycles. The second-order valence-corrected chi connectivity index (χ2v) is 5.72. The van der Waals surface area contributed by atoms with Gasteiger partial charge in [0.05, 0.1) is 18.8 Å². The lowest BCUT2D eigenvalue weighted by Crippen LogP contribution is -2.33. The number of rotatable bonds is 3. The van der Waals surface area contributed by atoms with Gasteiger partial charge in [0.25, 0.3) is 0 Å². The molecule has 2 unspecified atom stereocenters. The van der Waals surface area contributed by atoms with Crippen LogP contribution in [0.5, 0.6) is 0 Å². The summed E-state index contributed by atoms with van der Waals surface area (Å²) in [4.78, 5) is 0. The first-order valence-electron chi connectivity index (χ1n) is 5.69. The van der Waals surface area contributed by atoms with Crippen molar-refractivity contribution in [3.05, 3.63) is 0 Å². The molecule has 0 radical (unpaired) electrons. The molecule has 1 rings (SSSR count). The number of hydrogen-bond acceptors (Lipinski definition) is 2. The lowest BCUT2D eigenvalue weighted by Gasteiger charge is -2.38. The molecule has 0 amide bonds. The smallest absolute Gasteiger partial charge is 0.0745 e. The summed E-state index contributed by atoms with van der Waals surface area (Å²) in [6.07, 6.45) is 3.58. The minimum absolute atomic E-state index is 0.338. The van der Waals surface area contributed by atoms with Crippen LogP contribution in [0.15, 0.2) is 0 Å². The maximum atomic E-state index is 9.15. The highest BCUT2D eigenvalue weighted by atomic mass is 16.5. The van der Waals surface area contributed by atoms with Gasteiger partial charge in [-0.25, -0.2) is 0 Å². The minimum Gasteiger partial charge on any atom is -0.391 e. The van der Waals surface area contributed by atoms with E-state index in [-0.39, 0.29) is 6.10 Å². The van der Waals surface area contributed by atoms with E-state index in [1.165, 1.54) is 6.42 Å². The molecule has 1 fully saturated rings. The van der Waals surface area contributed by atoms with Gasteiger partial charge in [-0.3, -0.25) is 0 Å². The molecule has 0 spiro atoms. The van der Waals surface area contributed by atoms with Gasteiger partial charge in [0.15, 0.2) is 0 Å². The summed E-state index contributed by atoms with van der Waals surface area (Å²) in [5, 5.41) is 9.15. The Balaban J connectivity index is 2.38. The molecule has 2 nitrogen and oxygen atoms in total. The van der Waals surface area contributed by atoms with Crippen molar-refractivity contribution >= 4 is 0 Å². The average Bonchev–Trinajstić information content (AvgIpc) is 1.96. The van der Waals surface area contributed by atoms with Gasteiger partial charge in [-0.05, 0) is 37.5 Å². The minimum atomic E-state index is -0.338. The van der Waals surface area contributed by atoms with E-state index in [0.29, 0.717) is 18.1 Å². The highest BCUT2D eigenvalue weighted by Gasteiger charge is 2.32. The van der Waals surface area contributed by atoms with Gasteiger partial charge < -0.3 is 9.84 Å². The van der Waals surface area contributed by atoms with Crippen LogP contribution in [-0.4, -0.2) is 23.9 Å². The molecule has 3 atom stereocenters. The predicted octanol–water partition coefficient (Wildman–Crippen LogP) is 2.60. The van der Waals surface area contributed by atoms with Crippen LogP contribution >= 0.6 is 0 Å². The third-order valence-corrected chi connectivity index (χ3v) is 2.92. The van der Waals surface area contributed by atoms with E-state index in [4.69, 9.17) is 9.84 Å². The van der Waals surface area contributed by atoms with Crippen molar-refractivity contribution in [2.75, 3.05) is 6.61 Å². The Morgan fingerprint density at radius 1 is 1.43 bits per heavy atom. The van der Waals surface area contributed by atoms with E-state index in [9.17, 15) is 0 Å². The van der Waals surface area contributed by atoms with Crippen LogP contribution in [-0.2, 0) is 4.74 Å². The maximum absolute atomic E-state index is 9.15.